The molecule has 0 fully saturated rings. The van der Waals surface area contributed by atoms with Gasteiger partial charge in [-0.3, -0.25) is 0 Å². The minimum atomic E-state index is -0.321. The molecule has 1 aromatic heterocycles. The van der Waals surface area contributed by atoms with Gasteiger partial charge in [0.2, 0.25) is 0 Å². The summed E-state index contributed by atoms with van der Waals surface area (Å²) in [5, 5.41) is 17.8. The molecule has 0 radical (unpaired) electrons. The lowest BCUT2D eigenvalue weighted by Gasteiger charge is -2.11. The third-order valence-electron chi connectivity index (χ3n) is 3.01. The van der Waals surface area contributed by atoms with Crippen LogP contribution in [-0.2, 0) is 0 Å². The Hall–Kier alpha value is -1.85. The number of fused-ring (bicyclic) bond motifs is 1. The third-order valence-corrected chi connectivity index (χ3v) is 3.01. The molecule has 1 atom stereocenters. The summed E-state index contributed by atoms with van der Waals surface area (Å²) in [6.07, 6.45) is 1.46. The van der Waals surface area contributed by atoms with E-state index in [0.29, 0.717) is 6.54 Å². The van der Waals surface area contributed by atoms with Crippen molar-refractivity contribution in [1.82, 2.24) is 10.3 Å². The van der Waals surface area contributed by atoms with Crippen molar-refractivity contribution in [3.63, 3.8) is 0 Å². The van der Waals surface area contributed by atoms with Crippen LogP contribution in [0.2, 0.25) is 0 Å². The van der Waals surface area contributed by atoms with E-state index in [1.807, 2.05) is 24.3 Å². The Bertz CT molecular complexity index is 558. The number of nitrogens with zero attached hydrogens (tertiary/aromatic N) is 1. The quantitative estimate of drug-likeness (QED) is 0.670. The molecule has 0 saturated heterocycles. The number of ether oxygens (including phenoxy) is 1. The summed E-state index contributed by atoms with van der Waals surface area (Å²) in [6.45, 7) is 3.89. The number of aromatic nitrogens is 1. The van der Waals surface area contributed by atoms with Crippen molar-refractivity contribution in [2.75, 3.05) is 32.1 Å². The van der Waals surface area contributed by atoms with Crippen LogP contribution in [0.15, 0.2) is 30.5 Å². The minimum Gasteiger partial charge on any atom is -0.497 e. The van der Waals surface area contributed by atoms with Gasteiger partial charge in [0.1, 0.15) is 11.6 Å². The van der Waals surface area contributed by atoms with E-state index in [1.165, 1.54) is 0 Å². The molecule has 5 heteroatoms. The van der Waals surface area contributed by atoms with Gasteiger partial charge in [-0.05, 0) is 36.6 Å². The highest BCUT2D eigenvalue weighted by Gasteiger charge is 2.03. The van der Waals surface area contributed by atoms with E-state index in [9.17, 15) is 0 Å². The molecule has 0 aliphatic heterocycles. The van der Waals surface area contributed by atoms with Crippen molar-refractivity contribution in [3.8, 4) is 5.75 Å². The Morgan fingerprint density at radius 2 is 2.15 bits per heavy atom. The molecule has 5 nitrogen and oxygen atoms in total. The van der Waals surface area contributed by atoms with Gasteiger partial charge in [0.15, 0.2) is 0 Å². The molecule has 1 aromatic carbocycles. The summed E-state index contributed by atoms with van der Waals surface area (Å²) < 4.78 is 5.22. The topological polar surface area (TPSA) is 66.4 Å². The van der Waals surface area contributed by atoms with Gasteiger partial charge < -0.3 is 20.5 Å². The number of benzene rings is 1. The zero-order valence-corrected chi connectivity index (χ0v) is 11.9. The van der Waals surface area contributed by atoms with Crippen molar-refractivity contribution in [3.05, 3.63) is 30.5 Å². The lowest BCUT2D eigenvalue weighted by molar-refractivity contribution is 0.192. The molecule has 0 bridgehead atoms. The number of aliphatic hydroxyl groups excluding tert-OH is 1. The molecule has 0 spiro atoms. The van der Waals surface area contributed by atoms with Crippen molar-refractivity contribution in [2.24, 2.45) is 0 Å². The maximum absolute atomic E-state index is 9.15. The van der Waals surface area contributed by atoms with Crippen LogP contribution in [0.5, 0.6) is 5.75 Å². The van der Waals surface area contributed by atoms with E-state index >= 15 is 0 Å². The van der Waals surface area contributed by atoms with Crippen LogP contribution in [0.4, 0.5) is 5.82 Å². The summed E-state index contributed by atoms with van der Waals surface area (Å²) in [5.74, 6) is 1.71. The second-order valence-electron chi connectivity index (χ2n) is 4.73. The fourth-order valence-electron chi connectivity index (χ4n) is 2.00. The summed E-state index contributed by atoms with van der Waals surface area (Å²) >= 11 is 0. The molecule has 0 aliphatic rings. The van der Waals surface area contributed by atoms with Crippen LogP contribution in [-0.4, -0.2) is 42.9 Å². The highest BCUT2D eigenvalue weighted by atomic mass is 16.5. The predicted molar refractivity (Wildman–Crippen MR) is 81.3 cm³/mol. The third kappa shape index (κ3) is 3.82. The minimum absolute atomic E-state index is 0.321. The van der Waals surface area contributed by atoms with Crippen LogP contribution in [0.25, 0.3) is 10.8 Å². The van der Waals surface area contributed by atoms with Crippen molar-refractivity contribution >= 4 is 16.6 Å². The Balaban J connectivity index is 1.99. The van der Waals surface area contributed by atoms with E-state index in [4.69, 9.17) is 9.84 Å². The van der Waals surface area contributed by atoms with Gasteiger partial charge in [-0.2, -0.15) is 0 Å². The van der Waals surface area contributed by atoms with E-state index in [-0.39, 0.29) is 6.10 Å². The number of nitrogens with one attached hydrogen (secondary N) is 2. The van der Waals surface area contributed by atoms with E-state index in [0.717, 1.165) is 35.4 Å². The molecule has 3 N–H and O–H groups in total. The largest absolute Gasteiger partial charge is 0.497 e. The maximum atomic E-state index is 9.15. The molecule has 20 heavy (non-hydrogen) atoms. The van der Waals surface area contributed by atoms with Gasteiger partial charge in [-0.15, -0.1) is 0 Å². The molecule has 2 rings (SSSR count). The average Bonchev–Trinajstić information content (AvgIpc) is 2.46. The first-order valence-electron chi connectivity index (χ1n) is 6.76. The van der Waals surface area contributed by atoms with Crippen LogP contribution in [0.3, 0.4) is 0 Å². The Morgan fingerprint density at radius 1 is 1.30 bits per heavy atom. The Morgan fingerprint density at radius 3 is 2.90 bits per heavy atom. The first-order valence-corrected chi connectivity index (χ1v) is 6.76. The predicted octanol–water partition coefficient (Wildman–Crippen LogP) is 1.63. The maximum Gasteiger partial charge on any atom is 0.133 e. The van der Waals surface area contributed by atoms with Crippen molar-refractivity contribution in [1.29, 1.82) is 0 Å². The average molecular weight is 275 g/mol. The lowest BCUT2D eigenvalue weighted by atomic mass is 10.1. The number of pyridine rings is 1. The zero-order chi connectivity index (χ0) is 14.4. The van der Waals surface area contributed by atoms with E-state index < -0.39 is 0 Å². The number of hydrogen-bond acceptors (Lipinski definition) is 5. The first kappa shape index (κ1) is 14.6. The smallest absolute Gasteiger partial charge is 0.133 e. The number of hydrogen-bond donors (Lipinski definition) is 3. The highest BCUT2D eigenvalue weighted by Crippen LogP contribution is 2.24. The second-order valence-corrected chi connectivity index (χ2v) is 4.73. The Kier molecular flexibility index (Phi) is 5.15. The van der Waals surface area contributed by atoms with Gasteiger partial charge >= 0.3 is 0 Å². The number of rotatable bonds is 7. The SMILES string of the molecule is COc1ccc2c(NCCNCC(C)O)nccc2c1. The molecule has 1 unspecified atom stereocenters. The van der Waals surface area contributed by atoms with Crippen LogP contribution < -0.4 is 15.4 Å². The van der Waals surface area contributed by atoms with Crippen LogP contribution in [0.1, 0.15) is 6.92 Å². The summed E-state index contributed by atoms with van der Waals surface area (Å²) in [4.78, 5) is 4.37. The number of aliphatic hydroxyl groups is 1. The van der Waals surface area contributed by atoms with E-state index in [1.54, 1.807) is 20.2 Å². The monoisotopic (exact) mass is 275 g/mol. The van der Waals surface area contributed by atoms with Gasteiger partial charge in [0.25, 0.3) is 0 Å². The standard InChI is InChI=1S/C15H21N3O2/c1-11(19)10-16-7-8-18-15-14-4-3-13(20-2)9-12(14)5-6-17-15/h3-6,9,11,16,19H,7-8,10H2,1-2H3,(H,17,18). The molecular weight excluding hydrogens is 254 g/mol. The lowest BCUT2D eigenvalue weighted by Crippen LogP contribution is -2.29. The van der Waals surface area contributed by atoms with Gasteiger partial charge in [0.05, 0.1) is 13.2 Å². The summed E-state index contributed by atoms with van der Waals surface area (Å²) in [5.41, 5.74) is 0. The molecule has 2 aromatic rings. The fourth-order valence-corrected chi connectivity index (χ4v) is 2.00. The van der Waals surface area contributed by atoms with Gasteiger partial charge in [-0.25, -0.2) is 4.98 Å². The van der Waals surface area contributed by atoms with Crippen molar-refractivity contribution in [2.45, 2.75) is 13.0 Å². The molecular formula is C15H21N3O2. The highest BCUT2D eigenvalue weighted by molar-refractivity contribution is 5.92. The van der Waals surface area contributed by atoms with Crippen LogP contribution in [0, 0.1) is 0 Å². The molecule has 108 valence electrons. The normalized spacial score (nSPS) is 12.3. The second kappa shape index (κ2) is 7.07. The number of methoxy groups -OCH3 is 1. The molecule has 0 amide bonds. The van der Waals surface area contributed by atoms with E-state index in [2.05, 4.69) is 15.6 Å². The molecule has 1 heterocycles. The zero-order valence-electron chi connectivity index (χ0n) is 11.9. The Labute approximate surface area is 119 Å². The van der Waals surface area contributed by atoms with Crippen molar-refractivity contribution < 1.29 is 9.84 Å². The van der Waals surface area contributed by atoms with Gasteiger partial charge in [-0.1, -0.05) is 0 Å². The van der Waals surface area contributed by atoms with Gasteiger partial charge in [0, 0.05) is 31.2 Å². The molecule has 0 saturated carbocycles. The summed E-state index contributed by atoms with van der Waals surface area (Å²) in [6, 6.07) is 7.90. The summed E-state index contributed by atoms with van der Waals surface area (Å²) in [7, 11) is 1.66. The fraction of sp³-hybridized carbons (Fsp3) is 0.400. The van der Waals surface area contributed by atoms with Crippen LogP contribution >= 0.6 is 0 Å². The molecule has 0 aliphatic carbocycles. The first-order chi connectivity index (χ1) is 9.70. The number of anilines is 1.